The number of nitrogen functional groups attached to an aromatic ring is 1. The molecule has 404 valence electrons. The number of ketones is 2. The van der Waals surface area contributed by atoms with Gasteiger partial charge in [-0.15, -0.1) is 0 Å². The number of aromatic nitrogens is 1. The Morgan fingerprint density at radius 2 is 1.21 bits per heavy atom. The largest absolute Gasteiger partial charge is 0.382 e. The van der Waals surface area contributed by atoms with Crippen LogP contribution in [0.2, 0.25) is 0 Å². The minimum Gasteiger partial charge on any atom is -0.382 e. The summed E-state index contributed by atoms with van der Waals surface area (Å²) in [6.45, 7) is 18.3. The fraction of sp³-hybridized carbons (Fsp3) is 0.446. The lowest BCUT2D eigenvalue weighted by Gasteiger charge is -2.40. The van der Waals surface area contributed by atoms with Gasteiger partial charge >= 0.3 is 0 Å². The second kappa shape index (κ2) is 31.0. The predicted octanol–water partition coefficient (Wildman–Crippen LogP) is 10.2. The number of morpholine rings is 2. The summed E-state index contributed by atoms with van der Waals surface area (Å²) in [4.78, 5) is 43.4. The maximum absolute atomic E-state index is 13.0. The number of carbonyl (C=O) groups is 2. The van der Waals surface area contributed by atoms with E-state index < -0.39 is 0 Å². The third-order valence-electron chi connectivity index (χ3n) is 13.8. The summed E-state index contributed by atoms with van der Waals surface area (Å²) in [6.07, 6.45) is 6.67. The summed E-state index contributed by atoms with van der Waals surface area (Å²) in [5.74, 6) is 1.21. The number of hydrogen-bond donors (Lipinski definition) is 4. The molecule has 1 unspecified atom stereocenters. The van der Waals surface area contributed by atoms with E-state index in [4.69, 9.17) is 33.2 Å². The number of aryl methyl sites for hydroxylation is 2. The molecule has 9 rings (SSSR count). The van der Waals surface area contributed by atoms with Crippen LogP contribution in [0.15, 0.2) is 102 Å². The average Bonchev–Trinajstić information content (AvgIpc) is 3.82. The Balaban J connectivity index is 0.000000202. The first kappa shape index (κ1) is 59.7. The Bertz CT molecular complexity index is 2600. The summed E-state index contributed by atoms with van der Waals surface area (Å²) in [7, 11) is 0. The highest BCUT2D eigenvalue weighted by molar-refractivity contribution is 9.09. The number of thioether (sulfide) groups is 1. The molecule has 6 N–H and O–H groups in total. The van der Waals surface area contributed by atoms with Crippen molar-refractivity contribution < 1.29 is 19.1 Å². The Morgan fingerprint density at radius 3 is 1.69 bits per heavy atom. The van der Waals surface area contributed by atoms with Crippen molar-refractivity contribution in [3.63, 3.8) is 0 Å². The van der Waals surface area contributed by atoms with Gasteiger partial charge in [0.15, 0.2) is 21.2 Å². The number of anilines is 6. The molecule has 1 aromatic heterocycles. The minimum atomic E-state index is -0.0841. The van der Waals surface area contributed by atoms with E-state index in [0.717, 1.165) is 120 Å². The number of aliphatic imine (C=N–C) groups is 1. The molecule has 0 saturated carbocycles. The highest BCUT2D eigenvalue weighted by Crippen LogP contribution is 2.32. The lowest BCUT2D eigenvalue weighted by Crippen LogP contribution is -2.49. The molecule has 19 heteroatoms. The number of Topliss-reactive ketones (excluding diaryl/α,β-unsaturated/α-hetero) is 1. The van der Waals surface area contributed by atoms with E-state index >= 15 is 0 Å². The van der Waals surface area contributed by atoms with Gasteiger partial charge in [0.2, 0.25) is 5.78 Å². The summed E-state index contributed by atoms with van der Waals surface area (Å²) in [5, 5.41) is 8.35. The predicted molar refractivity (Wildman–Crippen MR) is 328 cm³/mol. The maximum Gasteiger partial charge on any atom is 0.206 e. The number of piperidine rings is 2. The molecule has 4 aromatic carbocycles. The lowest BCUT2D eigenvalue weighted by atomic mass is 10.0. The van der Waals surface area contributed by atoms with Crippen molar-refractivity contribution in [2.75, 3.05) is 116 Å². The minimum absolute atomic E-state index is 0. The Kier molecular flexibility index (Phi) is 24.7. The zero-order chi connectivity index (χ0) is 52.2. The molecule has 4 fully saturated rings. The number of thiocarbonyl (C=S) groups is 1. The highest BCUT2D eigenvalue weighted by atomic mass is 79.9. The number of hydrogen-bond acceptors (Lipinski definition) is 14. The molecule has 4 aliphatic rings. The van der Waals surface area contributed by atoms with E-state index in [0.29, 0.717) is 43.3 Å². The number of nitrogens with zero attached hydrogens (tertiary/aromatic N) is 6. The van der Waals surface area contributed by atoms with Crippen LogP contribution in [0.1, 0.15) is 83.2 Å². The molecule has 0 bridgehead atoms. The number of rotatable bonds is 14. The van der Waals surface area contributed by atoms with Crippen LogP contribution in [0, 0.1) is 0 Å². The number of carbonyl (C=O) groups excluding carboxylic acids is 2. The number of benzene rings is 4. The van der Waals surface area contributed by atoms with E-state index in [1.54, 1.807) is 0 Å². The number of nitrogens with one attached hydrogen (secondary N) is 2. The molecule has 0 aliphatic carbocycles. The van der Waals surface area contributed by atoms with Crippen molar-refractivity contribution in [2.45, 2.75) is 71.4 Å². The van der Waals surface area contributed by atoms with Crippen LogP contribution in [0.5, 0.6) is 0 Å². The van der Waals surface area contributed by atoms with Crippen LogP contribution < -0.4 is 31.9 Å². The molecular formula is C56H76BrN10O4PS3. The number of amidine groups is 1. The van der Waals surface area contributed by atoms with Crippen molar-refractivity contribution >= 4 is 117 Å². The third-order valence-corrected chi connectivity index (χ3v) is 16.1. The zero-order valence-corrected chi connectivity index (χ0v) is 49.3. The standard InChI is InChI=1S/C27H33N5O2S.C19H29N5OS2.C10H11BrO.H3P/c1-2-19-4-3-5-20(18-19)24(33)25-26(28)30-27(35-25)29-21-6-8-22(9-7-21)31-12-10-23(11-13-31)32-14-16-34-17-15-32;1-2-27-18(20)22-19(26)21-15-3-5-16(6-4-15)23-9-7-17(8-10-23)24-11-13-25-14-12-24;1-2-8-4-3-5-9(6-8)10(12)7-11;/h3-9,18,23H,2,10-17,28H2,1H3,(H,29,30);3-6,17H,2,7-14H2,1H3,(H3,20,21,22,26);3-6H,2,7H2,1H3;1H3. The van der Waals surface area contributed by atoms with Crippen molar-refractivity contribution in [1.29, 1.82) is 0 Å². The molecule has 0 spiro atoms. The van der Waals surface area contributed by atoms with Crippen LogP contribution in [0.4, 0.5) is 33.7 Å². The van der Waals surface area contributed by atoms with Gasteiger partial charge in [-0.25, -0.2) is 4.98 Å². The highest BCUT2D eigenvalue weighted by Gasteiger charge is 2.28. The number of ether oxygens (including phenoxy) is 2. The second-order valence-electron chi connectivity index (χ2n) is 18.5. The topological polar surface area (TPSA) is 167 Å². The fourth-order valence-corrected chi connectivity index (χ4v) is 11.5. The number of halogens is 1. The molecule has 14 nitrogen and oxygen atoms in total. The zero-order valence-electron chi connectivity index (χ0n) is 43.8. The second-order valence-corrected chi connectivity index (χ2v) is 21.7. The van der Waals surface area contributed by atoms with Crippen molar-refractivity contribution in [3.05, 3.63) is 124 Å². The molecule has 0 amide bonds. The first-order valence-electron chi connectivity index (χ1n) is 26.0. The van der Waals surface area contributed by atoms with E-state index in [2.05, 4.69) is 106 Å². The number of alkyl halides is 1. The van der Waals surface area contributed by atoms with Gasteiger partial charge in [0.25, 0.3) is 0 Å². The Labute approximate surface area is 469 Å². The molecule has 5 aromatic rings. The van der Waals surface area contributed by atoms with Gasteiger partial charge < -0.3 is 41.4 Å². The van der Waals surface area contributed by atoms with Gasteiger partial charge in [-0.3, -0.25) is 19.4 Å². The van der Waals surface area contributed by atoms with E-state index in [-0.39, 0.29) is 27.3 Å². The van der Waals surface area contributed by atoms with Gasteiger partial charge in [0, 0.05) is 98.3 Å². The summed E-state index contributed by atoms with van der Waals surface area (Å²) in [5.41, 5.74) is 20.0. The fourth-order valence-electron chi connectivity index (χ4n) is 9.58. The van der Waals surface area contributed by atoms with Gasteiger partial charge in [-0.2, -0.15) is 14.9 Å². The third kappa shape index (κ3) is 18.0. The normalized spacial score (nSPS) is 16.9. The van der Waals surface area contributed by atoms with Crippen molar-refractivity contribution in [3.8, 4) is 0 Å². The lowest BCUT2D eigenvalue weighted by molar-refractivity contribution is 0.0115. The SMILES string of the molecule is CCSC(N)=NC(=S)Nc1ccc(N2CCC(N3CCOCC3)CC2)cc1.CCc1cccc(C(=O)CBr)c1.CCc1cccc(C(=O)c2sc(Nc3ccc(N4CCC(N5CCOCC5)CC4)cc3)nc2N)c1.P. The smallest absolute Gasteiger partial charge is 0.206 e. The van der Waals surface area contributed by atoms with E-state index in [1.807, 2.05) is 67.6 Å². The summed E-state index contributed by atoms with van der Waals surface area (Å²) >= 11 is 11.2. The van der Waals surface area contributed by atoms with Gasteiger partial charge in [-0.1, -0.05) is 96.2 Å². The molecule has 75 heavy (non-hydrogen) atoms. The first-order valence-corrected chi connectivity index (χ1v) is 29.3. The maximum atomic E-state index is 13.0. The van der Waals surface area contributed by atoms with Crippen LogP contribution in [0.25, 0.3) is 0 Å². The quantitative estimate of drug-likeness (QED) is 0.0207. The molecule has 5 heterocycles. The Morgan fingerprint density at radius 1 is 0.733 bits per heavy atom. The van der Waals surface area contributed by atoms with E-state index in [1.165, 1.54) is 65.7 Å². The van der Waals surface area contributed by atoms with Crippen LogP contribution in [0.3, 0.4) is 0 Å². The monoisotopic (exact) mass is 1160 g/mol. The van der Waals surface area contributed by atoms with Crippen LogP contribution in [-0.2, 0) is 22.3 Å². The number of thiazole rings is 1. The van der Waals surface area contributed by atoms with Crippen LogP contribution in [-0.4, -0.2) is 139 Å². The van der Waals surface area contributed by atoms with E-state index in [9.17, 15) is 9.59 Å². The van der Waals surface area contributed by atoms with Gasteiger partial charge in [0.1, 0.15) is 10.7 Å². The van der Waals surface area contributed by atoms with Crippen molar-refractivity contribution in [2.24, 2.45) is 10.7 Å². The molecule has 1 atom stereocenters. The van der Waals surface area contributed by atoms with Crippen LogP contribution >= 0.6 is 61.1 Å². The average molecular weight is 1160 g/mol. The molecular weight excluding hydrogens is 1080 g/mol. The van der Waals surface area contributed by atoms with Gasteiger partial charge in [0.05, 0.1) is 31.8 Å². The molecule has 4 aliphatic heterocycles. The first-order chi connectivity index (χ1) is 36.0. The summed E-state index contributed by atoms with van der Waals surface area (Å²) in [6, 6.07) is 33.6. The van der Waals surface area contributed by atoms with Gasteiger partial charge in [-0.05, 0) is 128 Å². The van der Waals surface area contributed by atoms with Crippen molar-refractivity contribution in [1.82, 2.24) is 14.8 Å². The summed E-state index contributed by atoms with van der Waals surface area (Å²) < 4.78 is 11.0. The Hall–Kier alpha value is -4.49. The molecule has 4 saturated heterocycles. The number of nitrogens with two attached hydrogens (primary N) is 2. The molecule has 0 radical (unpaired) electrons.